The first-order valence-corrected chi connectivity index (χ1v) is 31.7. The Balaban J connectivity index is 4.16. The van der Waals surface area contributed by atoms with Crippen molar-refractivity contribution in [1.82, 2.24) is 0 Å². The third-order valence-electron chi connectivity index (χ3n) is 13.6. The van der Waals surface area contributed by atoms with Crippen LogP contribution in [0.2, 0.25) is 0 Å². The first kappa shape index (κ1) is 71.3. The van der Waals surface area contributed by atoms with Crippen LogP contribution >= 0.6 is 0 Å². The summed E-state index contributed by atoms with van der Waals surface area (Å²) in [5.74, 6) is -0.923. The van der Waals surface area contributed by atoms with Gasteiger partial charge in [-0.15, -0.1) is 0 Å². The fourth-order valence-electron chi connectivity index (χ4n) is 8.90. The number of unbranched alkanes of at least 4 members (excludes halogenated alkanes) is 30. The second-order valence-corrected chi connectivity index (χ2v) is 20.9. The van der Waals surface area contributed by atoms with E-state index in [4.69, 9.17) is 14.2 Å². The Morgan fingerprint density at radius 1 is 0.280 bits per heavy atom. The lowest BCUT2D eigenvalue weighted by molar-refractivity contribution is -0.167. The third kappa shape index (κ3) is 61.1. The molecular formula is C69H118O6. The summed E-state index contributed by atoms with van der Waals surface area (Å²) in [4.78, 5) is 38.2. The number of rotatable bonds is 57. The van der Waals surface area contributed by atoms with E-state index < -0.39 is 6.10 Å². The molecule has 0 heterocycles. The molecule has 0 N–H and O–H groups in total. The average Bonchev–Trinajstić information content (AvgIpc) is 3.41. The molecule has 0 aliphatic heterocycles. The van der Waals surface area contributed by atoms with E-state index in [1.807, 2.05) is 0 Å². The summed E-state index contributed by atoms with van der Waals surface area (Å²) in [6, 6.07) is 0. The molecule has 1 atom stereocenters. The van der Waals surface area contributed by atoms with Crippen LogP contribution in [0.4, 0.5) is 0 Å². The van der Waals surface area contributed by atoms with Crippen LogP contribution in [0.1, 0.15) is 303 Å². The molecule has 6 nitrogen and oxygen atoms in total. The zero-order valence-electron chi connectivity index (χ0n) is 49.3. The van der Waals surface area contributed by atoms with E-state index in [1.165, 1.54) is 154 Å². The molecule has 75 heavy (non-hydrogen) atoms. The van der Waals surface area contributed by atoms with Crippen molar-refractivity contribution in [3.05, 3.63) is 97.2 Å². The van der Waals surface area contributed by atoms with Gasteiger partial charge < -0.3 is 14.2 Å². The highest BCUT2D eigenvalue weighted by Crippen LogP contribution is 2.17. The van der Waals surface area contributed by atoms with E-state index in [0.717, 1.165) is 103 Å². The van der Waals surface area contributed by atoms with Gasteiger partial charge in [0.15, 0.2) is 6.10 Å². The number of ether oxygens (including phenoxy) is 3. The second kappa shape index (κ2) is 62.9. The molecular weight excluding hydrogens is 925 g/mol. The zero-order valence-corrected chi connectivity index (χ0v) is 49.3. The summed E-state index contributed by atoms with van der Waals surface area (Å²) in [5.41, 5.74) is 0. The van der Waals surface area contributed by atoms with Gasteiger partial charge in [-0.2, -0.15) is 0 Å². The highest BCUT2D eigenvalue weighted by molar-refractivity contribution is 5.71. The highest BCUT2D eigenvalue weighted by atomic mass is 16.6. The van der Waals surface area contributed by atoms with Gasteiger partial charge in [0.1, 0.15) is 13.2 Å². The minimum atomic E-state index is -0.796. The molecule has 0 aromatic carbocycles. The van der Waals surface area contributed by atoms with Crippen LogP contribution in [0.5, 0.6) is 0 Å². The van der Waals surface area contributed by atoms with E-state index in [1.54, 1.807) is 0 Å². The maximum absolute atomic E-state index is 12.8. The van der Waals surface area contributed by atoms with Gasteiger partial charge >= 0.3 is 17.9 Å². The van der Waals surface area contributed by atoms with Crippen molar-refractivity contribution in [2.45, 2.75) is 309 Å². The minimum absolute atomic E-state index is 0.0901. The molecule has 0 aliphatic rings. The van der Waals surface area contributed by atoms with E-state index in [2.05, 4.69) is 118 Å². The van der Waals surface area contributed by atoms with Crippen molar-refractivity contribution in [3.8, 4) is 0 Å². The van der Waals surface area contributed by atoms with Crippen molar-refractivity contribution in [1.29, 1.82) is 0 Å². The quantitative estimate of drug-likeness (QED) is 0.0261. The van der Waals surface area contributed by atoms with Gasteiger partial charge in [0.25, 0.3) is 0 Å². The van der Waals surface area contributed by atoms with Crippen LogP contribution in [0, 0.1) is 0 Å². The smallest absolute Gasteiger partial charge is 0.306 e. The van der Waals surface area contributed by atoms with Crippen LogP contribution in [0.3, 0.4) is 0 Å². The van der Waals surface area contributed by atoms with Crippen molar-refractivity contribution >= 4 is 17.9 Å². The van der Waals surface area contributed by atoms with Crippen LogP contribution in [0.25, 0.3) is 0 Å². The topological polar surface area (TPSA) is 78.9 Å². The molecule has 430 valence electrons. The predicted octanol–water partition coefficient (Wildman–Crippen LogP) is 21.7. The molecule has 0 aromatic heterocycles. The van der Waals surface area contributed by atoms with E-state index in [9.17, 15) is 14.4 Å². The van der Waals surface area contributed by atoms with Crippen molar-refractivity contribution in [3.63, 3.8) is 0 Å². The fraction of sp³-hybridized carbons (Fsp3) is 0.725. The molecule has 0 bridgehead atoms. The largest absolute Gasteiger partial charge is 0.462 e. The molecule has 0 saturated heterocycles. The minimum Gasteiger partial charge on any atom is -0.462 e. The number of hydrogen-bond acceptors (Lipinski definition) is 6. The number of hydrogen-bond donors (Lipinski definition) is 0. The summed E-state index contributed by atoms with van der Waals surface area (Å²) >= 11 is 0. The number of allylic oxidation sites excluding steroid dienone is 16. The second-order valence-electron chi connectivity index (χ2n) is 20.9. The first-order chi connectivity index (χ1) is 37.0. The fourth-order valence-corrected chi connectivity index (χ4v) is 8.90. The normalized spacial score (nSPS) is 12.7. The predicted molar refractivity (Wildman–Crippen MR) is 325 cm³/mol. The van der Waals surface area contributed by atoms with Gasteiger partial charge in [0.2, 0.25) is 0 Å². The van der Waals surface area contributed by atoms with Crippen LogP contribution in [0.15, 0.2) is 97.2 Å². The maximum Gasteiger partial charge on any atom is 0.306 e. The summed E-state index contributed by atoms with van der Waals surface area (Å²) in [6.07, 6.45) is 84.4. The van der Waals surface area contributed by atoms with Gasteiger partial charge in [-0.1, -0.05) is 285 Å². The lowest BCUT2D eigenvalue weighted by atomic mass is 10.0. The molecule has 0 spiro atoms. The average molecular weight is 1040 g/mol. The van der Waals surface area contributed by atoms with Crippen LogP contribution in [-0.4, -0.2) is 37.2 Å². The molecule has 0 aromatic rings. The molecule has 0 radical (unpaired) electrons. The summed E-state index contributed by atoms with van der Waals surface area (Å²) < 4.78 is 16.8. The van der Waals surface area contributed by atoms with Gasteiger partial charge in [0.05, 0.1) is 0 Å². The molecule has 0 amide bonds. The molecule has 0 rings (SSSR count). The van der Waals surface area contributed by atoms with Gasteiger partial charge in [0, 0.05) is 19.3 Å². The van der Waals surface area contributed by atoms with Gasteiger partial charge in [-0.3, -0.25) is 14.4 Å². The Labute approximate surface area is 464 Å². The number of carbonyl (C=O) groups excluding carboxylic acids is 3. The lowest BCUT2D eigenvalue weighted by Gasteiger charge is -2.18. The maximum atomic E-state index is 12.8. The molecule has 0 aliphatic carbocycles. The molecule has 0 fully saturated rings. The summed E-state index contributed by atoms with van der Waals surface area (Å²) in [6.45, 7) is 6.39. The van der Waals surface area contributed by atoms with E-state index in [0.29, 0.717) is 19.3 Å². The Morgan fingerprint density at radius 3 is 0.840 bits per heavy atom. The molecule has 0 saturated carbocycles. The Kier molecular flexibility index (Phi) is 59.8. The SMILES string of the molecule is CC/C=C\C/C=C\C/C=C\C/C=C\CCCCCCCCCCCCCCCCCCCCC(=O)OCC(COC(=O)CCCCCCCCCCCCC)OC(=O)CCCC/C=C\C/C=C\C/C=C\C/C=C\CC. The van der Waals surface area contributed by atoms with Crippen molar-refractivity contribution < 1.29 is 28.6 Å². The zero-order chi connectivity index (χ0) is 54.3. The standard InChI is InChI=1S/C69H118O6/c1-4-7-10-13-16-19-22-24-26-27-28-29-30-31-32-33-34-35-36-37-38-39-40-41-43-44-47-50-53-56-59-62-68(71)74-65-66(64-73-67(70)61-58-55-52-49-46-21-18-15-12-9-6-3)75-69(72)63-60-57-54-51-48-45-42-25-23-20-17-14-11-8-5-2/h7-8,10-11,16-17,19-20,24-26,28-29,42,48,51,66H,4-6,9,12-15,18,21-23,27,30-41,43-47,49-50,52-65H2,1-3H3/b10-7-,11-8-,19-16-,20-17-,26-24-,29-28-,42-25-,51-48-. The third-order valence-corrected chi connectivity index (χ3v) is 13.6. The van der Waals surface area contributed by atoms with Gasteiger partial charge in [-0.05, 0) is 96.3 Å². The lowest BCUT2D eigenvalue weighted by Crippen LogP contribution is -2.30. The highest BCUT2D eigenvalue weighted by Gasteiger charge is 2.19. The van der Waals surface area contributed by atoms with Crippen LogP contribution in [-0.2, 0) is 28.6 Å². The summed E-state index contributed by atoms with van der Waals surface area (Å²) in [7, 11) is 0. The van der Waals surface area contributed by atoms with E-state index >= 15 is 0 Å². The van der Waals surface area contributed by atoms with E-state index in [-0.39, 0.29) is 37.5 Å². The van der Waals surface area contributed by atoms with Crippen LogP contribution < -0.4 is 0 Å². The monoisotopic (exact) mass is 1040 g/mol. The number of esters is 3. The van der Waals surface area contributed by atoms with Crippen molar-refractivity contribution in [2.75, 3.05) is 13.2 Å². The number of carbonyl (C=O) groups is 3. The molecule has 1 unspecified atom stereocenters. The Bertz CT molecular complexity index is 1480. The Hall–Kier alpha value is -3.67. The summed E-state index contributed by atoms with van der Waals surface area (Å²) in [5, 5.41) is 0. The molecule has 6 heteroatoms. The first-order valence-electron chi connectivity index (χ1n) is 31.7. The van der Waals surface area contributed by atoms with Crippen molar-refractivity contribution in [2.24, 2.45) is 0 Å². The Morgan fingerprint density at radius 2 is 0.520 bits per heavy atom. The van der Waals surface area contributed by atoms with Gasteiger partial charge in [-0.25, -0.2) is 0 Å².